The van der Waals surface area contributed by atoms with E-state index < -0.39 is 29.1 Å². The molecule has 0 radical (unpaired) electrons. The number of alkyl carbamates (subject to hydrolysis) is 1. The first-order chi connectivity index (χ1) is 16.8. The van der Waals surface area contributed by atoms with Gasteiger partial charge in [-0.25, -0.2) is 9.59 Å². The summed E-state index contributed by atoms with van der Waals surface area (Å²) in [6.07, 6.45) is 0.380. The Morgan fingerprint density at radius 1 is 1.09 bits per heavy atom. The van der Waals surface area contributed by atoms with E-state index in [4.69, 9.17) is 9.47 Å². The van der Waals surface area contributed by atoms with Crippen LogP contribution in [0.3, 0.4) is 0 Å². The first-order valence-corrected chi connectivity index (χ1v) is 12.1. The molecule has 2 atom stereocenters. The molecule has 3 saturated heterocycles. The summed E-state index contributed by atoms with van der Waals surface area (Å²) in [7, 11) is 0. The van der Waals surface area contributed by atoms with E-state index in [1.807, 2.05) is 24.3 Å². The normalized spacial score (nSPS) is 30.4. The number of ether oxygens (including phenoxy) is 2. The van der Waals surface area contributed by atoms with Crippen molar-refractivity contribution in [3.8, 4) is 11.1 Å². The quantitative estimate of drug-likeness (QED) is 0.688. The third-order valence-corrected chi connectivity index (χ3v) is 8.43. The zero-order valence-electron chi connectivity index (χ0n) is 19.5. The molecule has 35 heavy (non-hydrogen) atoms. The first kappa shape index (κ1) is 22.1. The number of benzene rings is 2. The lowest BCUT2D eigenvalue weighted by Gasteiger charge is -2.41. The van der Waals surface area contributed by atoms with E-state index in [2.05, 4.69) is 29.6 Å². The fourth-order valence-corrected chi connectivity index (χ4v) is 6.42. The molecule has 7 rings (SSSR count). The Bertz CT molecular complexity index is 1180. The van der Waals surface area contributed by atoms with E-state index in [1.54, 1.807) is 6.92 Å². The Balaban J connectivity index is 1.14. The highest BCUT2D eigenvalue weighted by Gasteiger charge is 2.65. The maximum atomic E-state index is 13.5. The fraction of sp³-hybridized carbons (Fsp3) is 0.444. The van der Waals surface area contributed by atoms with Gasteiger partial charge in [-0.05, 0) is 47.9 Å². The van der Waals surface area contributed by atoms with Gasteiger partial charge in [-0.2, -0.15) is 0 Å². The highest BCUT2D eigenvalue weighted by Crippen LogP contribution is 2.52. The van der Waals surface area contributed by atoms with Gasteiger partial charge in [-0.1, -0.05) is 48.5 Å². The van der Waals surface area contributed by atoms with Gasteiger partial charge in [0.2, 0.25) is 5.91 Å². The van der Waals surface area contributed by atoms with Crippen molar-refractivity contribution >= 4 is 18.0 Å². The average Bonchev–Trinajstić information content (AvgIpc) is 3.57. The molecule has 1 saturated carbocycles. The number of nitrogens with one attached hydrogen (secondary N) is 1. The van der Waals surface area contributed by atoms with Crippen LogP contribution >= 0.6 is 0 Å². The lowest BCUT2D eigenvalue weighted by molar-refractivity contribution is -0.162. The number of carbonyl (C=O) groups excluding carboxylic acids is 2. The van der Waals surface area contributed by atoms with Crippen molar-refractivity contribution in [3.63, 3.8) is 0 Å². The van der Waals surface area contributed by atoms with Crippen molar-refractivity contribution in [1.29, 1.82) is 0 Å². The number of carboxylic acid groups (broad SMARTS) is 1. The third-order valence-electron chi connectivity index (χ3n) is 8.43. The van der Waals surface area contributed by atoms with E-state index in [9.17, 15) is 19.5 Å². The molecule has 2 bridgehead atoms. The summed E-state index contributed by atoms with van der Waals surface area (Å²) in [6, 6.07) is 15.6. The van der Waals surface area contributed by atoms with Crippen LogP contribution in [0.4, 0.5) is 4.79 Å². The van der Waals surface area contributed by atoms with E-state index in [-0.39, 0.29) is 37.6 Å². The van der Waals surface area contributed by atoms with Crippen LogP contribution in [0.5, 0.6) is 0 Å². The summed E-state index contributed by atoms with van der Waals surface area (Å²) in [5.41, 5.74) is 2.38. The molecule has 5 aliphatic rings. The van der Waals surface area contributed by atoms with Crippen LogP contribution in [-0.2, 0) is 19.1 Å². The van der Waals surface area contributed by atoms with E-state index in [0.29, 0.717) is 19.4 Å². The average molecular weight is 477 g/mol. The maximum absolute atomic E-state index is 13.5. The van der Waals surface area contributed by atoms with Crippen LogP contribution in [0.15, 0.2) is 48.5 Å². The molecule has 4 fully saturated rings. The van der Waals surface area contributed by atoms with Gasteiger partial charge >= 0.3 is 12.1 Å². The number of hydrogen-bond acceptors (Lipinski definition) is 5. The van der Waals surface area contributed by atoms with Crippen LogP contribution in [-0.4, -0.2) is 65.9 Å². The van der Waals surface area contributed by atoms with Crippen LogP contribution in [0, 0.1) is 11.3 Å². The van der Waals surface area contributed by atoms with Crippen molar-refractivity contribution in [2.24, 2.45) is 11.3 Å². The number of nitrogens with zero attached hydrogens (tertiary/aromatic N) is 1. The SMILES string of the molecule is CC1(C(=O)N2CC3CC2(C(=O)O)C3)COCC1NC(=O)OCC1c2ccccc2-c2ccccc21. The number of carbonyl (C=O) groups is 3. The van der Waals surface area contributed by atoms with Gasteiger partial charge in [-0.3, -0.25) is 4.79 Å². The minimum atomic E-state index is -1.11. The van der Waals surface area contributed by atoms with Crippen molar-refractivity contribution < 1.29 is 29.0 Å². The molecule has 0 aromatic heterocycles. The third kappa shape index (κ3) is 3.19. The summed E-state index contributed by atoms with van der Waals surface area (Å²) in [6.45, 7) is 2.65. The van der Waals surface area contributed by atoms with Crippen LogP contribution in [0.25, 0.3) is 11.1 Å². The monoisotopic (exact) mass is 476 g/mol. The van der Waals surface area contributed by atoms with Gasteiger partial charge in [-0.15, -0.1) is 0 Å². The van der Waals surface area contributed by atoms with Gasteiger partial charge in [0.05, 0.1) is 24.7 Å². The number of fused-ring (bicyclic) bond motifs is 4. The Morgan fingerprint density at radius 2 is 1.71 bits per heavy atom. The highest BCUT2D eigenvalue weighted by molar-refractivity contribution is 5.93. The second-order valence-corrected chi connectivity index (χ2v) is 10.5. The second-order valence-electron chi connectivity index (χ2n) is 10.5. The zero-order chi connectivity index (χ0) is 24.4. The number of amides is 2. The lowest BCUT2D eigenvalue weighted by atomic mass is 9.72. The number of aliphatic carboxylic acids is 1. The molecule has 2 aromatic rings. The van der Waals surface area contributed by atoms with Crippen molar-refractivity contribution in [3.05, 3.63) is 59.7 Å². The molecule has 8 heteroatoms. The predicted molar refractivity (Wildman–Crippen MR) is 126 cm³/mol. The minimum absolute atomic E-state index is 0.0622. The molecule has 3 heterocycles. The second kappa shape index (κ2) is 7.81. The van der Waals surface area contributed by atoms with Crippen LogP contribution < -0.4 is 5.32 Å². The standard InChI is InChI=1S/C27H28N2O6/c1-26(23(30)29-12-16-10-27(29,11-16)24(31)32)15-34-14-22(26)28-25(33)35-13-21-19-8-4-2-6-17(19)18-7-3-5-9-20(18)21/h2-9,16,21-22H,10-15H2,1H3,(H,28,33)(H,31,32). The summed E-state index contributed by atoms with van der Waals surface area (Å²) in [5.74, 6) is -1.06. The summed E-state index contributed by atoms with van der Waals surface area (Å²) >= 11 is 0. The van der Waals surface area contributed by atoms with Crippen molar-refractivity contribution in [1.82, 2.24) is 10.2 Å². The molecule has 2 aliphatic carbocycles. The Morgan fingerprint density at radius 3 is 2.34 bits per heavy atom. The van der Waals surface area contributed by atoms with E-state index in [0.717, 1.165) is 22.3 Å². The van der Waals surface area contributed by atoms with Crippen molar-refractivity contribution in [2.75, 3.05) is 26.4 Å². The highest BCUT2D eigenvalue weighted by atomic mass is 16.5. The van der Waals surface area contributed by atoms with Gasteiger partial charge in [0.25, 0.3) is 0 Å². The smallest absolute Gasteiger partial charge is 0.407 e. The zero-order valence-corrected chi connectivity index (χ0v) is 19.5. The minimum Gasteiger partial charge on any atom is -0.479 e. The van der Waals surface area contributed by atoms with Crippen molar-refractivity contribution in [2.45, 2.75) is 37.3 Å². The Hall–Kier alpha value is -3.39. The predicted octanol–water partition coefficient (Wildman–Crippen LogP) is 3.01. The maximum Gasteiger partial charge on any atom is 0.407 e. The van der Waals surface area contributed by atoms with Crippen LogP contribution in [0.1, 0.15) is 36.8 Å². The Kier molecular flexibility index (Phi) is 4.93. The molecule has 0 spiro atoms. The molecule has 182 valence electrons. The molecule has 2 aromatic carbocycles. The fourth-order valence-electron chi connectivity index (χ4n) is 6.42. The Labute approximate surface area is 203 Å². The number of hydrogen-bond donors (Lipinski definition) is 2. The molecule has 3 aliphatic heterocycles. The van der Waals surface area contributed by atoms with Gasteiger partial charge in [0.15, 0.2) is 0 Å². The first-order valence-electron chi connectivity index (χ1n) is 12.1. The molecular weight excluding hydrogens is 448 g/mol. The molecule has 8 nitrogen and oxygen atoms in total. The summed E-state index contributed by atoms with van der Waals surface area (Å²) in [4.78, 5) is 39.8. The van der Waals surface area contributed by atoms with Gasteiger partial charge in [0.1, 0.15) is 12.1 Å². The number of carboxylic acids is 1. The molecule has 2 N–H and O–H groups in total. The van der Waals surface area contributed by atoms with E-state index >= 15 is 0 Å². The lowest BCUT2D eigenvalue weighted by Crippen LogP contribution is -2.61. The van der Waals surface area contributed by atoms with Gasteiger partial charge in [0, 0.05) is 12.5 Å². The molecule has 2 unspecified atom stereocenters. The molecular formula is C27H28N2O6. The van der Waals surface area contributed by atoms with Crippen LogP contribution in [0.2, 0.25) is 0 Å². The summed E-state index contributed by atoms with van der Waals surface area (Å²) < 4.78 is 11.3. The largest absolute Gasteiger partial charge is 0.479 e. The topological polar surface area (TPSA) is 105 Å². The number of rotatable bonds is 5. The van der Waals surface area contributed by atoms with Gasteiger partial charge < -0.3 is 24.8 Å². The van der Waals surface area contributed by atoms with E-state index in [1.165, 1.54) is 4.90 Å². The molecule has 2 amide bonds. The summed E-state index contributed by atoms with van der Waals surface area (Å²) in [5, 5.41) is 12.6.